The van der Waals surface area contributed by atoms with Crippen LogP contribution < -0.4 is 4.74 Å². The van der Waals surface area contributed by atoms with Crippen LogP contribution >= 0.6 is 11.5 Å². The van der Waals surface area contributed by atoms with Gasteiger partial charge in [-0.05, 0) is 55.9 Å². The summed E-state index contributed by atoms with van der Waals surface area (Å²) in [4.78, 5) is 5.93. The first-order valence-electron chi connectivity index (χ1n) is 8.22. The minimum Gasteiger partial charge on any atom is -0.493 e. The Labute approximate surface area is 141 Å². The van der Waals surface area contributed by atoms with Crippen molar-refractivity contribution in [3.8, 4) is 5.75 Å². The van der Waals surface area contributed by atoms with Gasteiger partial charge in [-0.1, -0.05) is 25.0 Å². The number of para-hydroxylation sites is 1. The van der Waals surface area contributed by atoms with E-state index in [1.165, 1.54) is 24.1 Å². The molecule has 2 aromatic heterocycles. The van der Waals surface area contributed by atoms with Gasteiger partial charge in [0, 0.05) is 28.2 Å². The Hall–Kier alpha value is -1.94. The van der Waals surface area contributed by atoms with Crippen molar-refractivity contribution in [1.82, 2.24) is 9.36 Å². The molecule has 3 nitrogen and oxygen atoms in total. The second kappa shape index (κ2) is 8.06. The number of benzene rings is 1. The highest BCUT2D eigenvalue weighted by atomic mass is 32.1. The lowest BCUT2D eigenvalue weighted by molar-refractivity contribution is 0.308. The average molecular weight is 326 g/mol. The lowest BCUT2D eigenvalue weighted by Crippen LogP contribution is -1.99. The van der Waals surface area contributed by atoms with E-state index in [4.69, 9.17) is 4.74 Å². The van der Waals surface area contributed by atoms with Crippen molar-refractivity contribution < 1.29 is 4.74 Å². The summed E-state index contributed by atoms with van der Waals surface area (Å²) in [5.41, 5.74) is 2.01. The summed E-state index contributed by atoms with van der Waals surface area (Å²) in [6.45, 7) is 2.78. The molecule has 0 aliphatic rings. The van der Waals surface area contributed by atoms with Gasteiger partial charge in [0.1, 0.15) is 5.75 Å². The van der Waals surface area contributed by atoms with E-state index < -0.39 is 0 Å². The molecule has 3 rings (SSSR count). The van der Waals surface area contributed by atoms with Crippen LogP contribution in [0.4, 0.5) is 0 Å². The first-order chi connectivity index (χ1) is 11.3. The van der Waals surface area contributed by atoms with Crippen LogP contribution in [0.25, 0.3) is 10.9 Å². The third kappa shape index (κ3) is 4.52. The van der Waals surface area contributed by atoms with E-state index in [1.807, 2.05) is 37.4 Å². The zero-order valence-corrected chi connectivity index (χ0v) is 14.3. The van der Waals surface area contributed by atoms with Crippen LogP contribution in [-0.4, -0.2) is 16.0 Å². The van der Waals surface area contributed by atoms with E-state index in [2.05, 4.69) is 21.5 Å². The van der Waals surface area contributed by atoms with E-state index in [0.29, 0.717) is 0 Å². The second-order valence-electron chi connectivity index (χ2n) is 5.77. The monoisotopic (exact) mass is 326 g/mol. The van der Waals surface area contributed by atoms with Gasteiger partial charge in [0.05, 0.1) is 12.1 Å². The topological polar surface area (TPSA) is 35.0 Å². The van der Waals surface area contributed by atoms with Gasteiger partial charge in [0.2, 0.25) is 0 Å². The van der Waals surface area contributed by atoms with E-state index in [0.717, 1.165) is 41.8 Å². The van der Waals surface area contributed by atoms with Crippen molar-refractivity contribution in [1.29, 1.82) is 0 Å². The second-order valence-corrected chi connectivity index (χ2v) is 6.69. The van der Waals surface area contributed by atoms with Gasteiger partial charge in [0.25, 0.3) is 0 Å². The highest BCUT2D eigenvalue weighted by Crippen LogP contribution is 2.25. The first-order valence-corrected chi connectivity index (χ1v) is 8.99. The SMILES string of the molecule is Cc1cc(OCCCCCCc2ccns2)c2ccccc2n1. The highest BCUT2D eigenvalue weighted by Gasteiger charge is 2.04. The molecule has 1 aromatic carbocycles. The molecule has 0 N–H and O–H groups in total. The fraction of sp³-hybridized carbons (Fsp3) is 0.368. The Morgan fingerprint density at radius 3 is 2.78 bits per heavy atom. The minimum atomic E-state index is 0.772. The molecule has 0 fully saturated rings. The Bertz CT molecular complexity index is 740. The van der Waals surface area contributed by atoms with E-state index in [9.17, 15) is 0 Å². The standard InChI is InChI=1S/C19H22N2OS/c1-15-14-19(17-9-5-6-10-18(17)21-15)22-13-7-3-2-4-8-16-11-12-20-23-16/h5-6,9-12,14H,2-4,7-8,13H2,1H3. The predicted molar refractivity (Wildman–Crippen MR) is 96.3 cm³/mol. The summed E-state index contributed by atoms with van der Waals surface area (Å²) in [6, 6.07) is 12.3. The maximum atomic E-state index is 6.00. The molecule has 0 unspecified atom stereocenters. The number of hydrogen-bond acceptors (Lipinski definition) is 4. The fourth-order valence-electron chi connectivity index (χ4n) is 2.70. The quantitative estimate of drug-likeness (QED) is 0.535. The van der Waals surface area contributed by atoms with Crippen LogP contribution in [0.5, 0.6) is 5.75 Å². The number of aryl methyl sites for hydroxylation is 2. The summed E-state index contributed by atoms with van der Waals surface area (Å²) in [5, 5.41) is 1.10. The number of pyridine rings is 1. The number of fused-ring (bicyclic) bond motifs is 1. The van der Waals surface area contributed by atoms with Crippen LogP contribution in [0.3, 0.4) is 0 Å². The Morgan fingerprint density at radius 2 is 1.91 bits per heavy atom. The molecule has 2 heterocycles. The summed E-state index contributed by atoms with van der Waals surface area (Å²) in [7, 11) is 0. The van der Waals surface area contributed by atoms with Gasteiger partial charge >= 0.3 is 0 Å². The minimum absolute atomic E-state index is 0.772. The Morgan fingerprint density at radius 1 is 1.04 bits per heavy atom. The molecule has 0 spiro atoms. The van der Waals surface area contributed by atoms with Crippen LogP contribution in [0.1, 0.15) is 36.3 Å². The molecule has 0 saturated carbocycles. The maximum absolute atomic E-state index is 6.00. The summed E-state index contributed by atoms with van der Waals surface area (Å²) < 4.78 is 10.1. The zero-order chi connectivity index (χ0) is 15.9. The Kier molecular flexibility index (Phi) is 5.59. The predicted octanol–water partition coefficient (Wildman–Crippen LogP) is 5.18. The van der Waals surface area contributed by atoms with Gasteiger partial charge in [-0.3, -0.25) is 4.98 Å². The van der Waals surface area contributed by atoms with Crippen LogP contribution in [0.2, 0.25) is 0 Å². The third-order valence-electron chi connectivity index (χ3n) is 3.87. The number of ether oxygens (including phenoxy) is 1. The average Bonchev–Trinajstić information content (AvgIpc) is 3.07. The van der Waals surface area contributed by atoms with Crippen molar-refractivity contribution >= 4 is 22.4 Å². The number of rotatable bonds is 8. The fourth-order valence-corrected chi connectivity index (χ4v) is 3.31. The normalized spacial score (nSPS) is 11.0. The molecule has 0 atom stereocenters. The molecule has 0 aliphatic heterocycles. The summed E-state index contributed by atoms with van der Waals surface area (Å²) in [5.74, 6) is 0.956. The van der Waals surface area contributed by atoms with Gasteiger partial charge < -0.3 is 4.74 Å². The molecular weight excluding hydrogens is 304 g/mol. The van der Waals surface area contributed by atoms with Crippen molar-refractivity contribution in [2.75, 3.05) is 6.61 Å². The van der Waals surface area contributed by atoms with Crippen molar-refractivity contribution in [3.05, 3.63) is 53.2 Å². The van der Waals surface area contributed by atoms with Gasteiger partial charge in [-0.15, -0.1) is 0 Å². The van der Waals surface area contributed by atoms with Crippen LogP contribution in [-0.2, 0) is 6.42 Å². The number of unbranched alkanes of at least 4 members (excludes halogenated alkanes) is 3. The molecule has 0 radical (unpaired) electrons. The molecule has 0 saturated heterocycles. The maximum Gasteiger partial charge on any atom is 0.130 e. The van der Waals surface area contributed by atoms with Gasteiger partial charge in [-0.2, -0.15) is 0 Å². The van der Waals surface area contributed by atoms with Crippen LogP contribution in [0, 0.1) is 6.92 Å². The number of aromatic nitrogens is 2. The van der Waals surface area contributed by atoms with E-state index in [-0.39, 0.29) is 0 Å². The molecule has 0 amide bonds. The zero-order valence-electron chi connectivity index (χ0n) is 13.5. The number of nitrogens with zero attached hydrogens (tertiary/aromatic N) is 2. The smallest absolute Gasteiger partial charge is 0.130 e. The number of hydrogen-bond donors (Lipinski definition) is 0. The molecule has 0 bridgehead atoms. The largest absolute Gasteiger partial charge is 0.493 e. The Balaban J connectivity index is 1.42. The highest BCUT2D eigenvalue weighted by molar-refractivity contribution is 7.05. The van der Waals surface area contributed by atoms with Crippen molar-refractivity contribution in [2.45, 2.75) is 39.0 Å². The van der Waals surface area contributed by atoms with Crippen LogP contribution in [0.15, 0.2) is 42.6 Å². The summed E-state index contributed by atoms with van der Waals surface area (Å²) >= 11 is 1.61. The molecule has 4 heteroatoms. The molecule has 23 heavy (non-hydrogen) atoms. The van der Waals surface area contributed by atoms with Gasteiger partial charge in [-0.25, -0.2) is 4.37 Å². The third-order valence-corrected chi connectivity index (χ3v) is 4.67. The van der Waals surface area contributed by atoms with E-state index >= 15 is 0 Å². The first kappa shape index (κ1) is 15.9. The molecule has 0 aliphatic carbocycles. The lowest BCUT2D eigenvalue weighted by atomic mass is 10.1. The van der Waals surface area contributed by atoms with Crippen molar-refractivity contribution in [3.63, 3.8) is 0 Å². The van der Waals surface area contributed by atoms with Crippen molar-refractivity contribution in [2.24, 2.45) is 0 Å². The molecule has 120 valence electrons. The van der Waals surface area contributed by atoms with Gasteiger partial charge in [0.15, 0.2) is 0 Å². The molecule has 3 aromatic rings. The lowest BCUT2D eigenvalue weighted by Gasteiger charge is -2.10. The molecular formula is C19H22N2OS. The van der Waals surface area contributed by atoms with E-state index in [1.54, 1.807) is 11.5 Å². The summed E-state index contributed by atoms with van der Waals surface area (Å²) in [6.07, 6.45) is 7.82.